The van der Waals surface area contributed by atoms with Crippen molar-refractivity contribution in [3.63, 3.8) is 0 Å². The molecule has 9 aromatic rings. The van der Waals surface area contributed by atoms with Gasteiger partial charge in [-0.1, -0.05) is 97.1 Å². The first-order valence-corrected chi connectivity index (χ1v) is 15.5. The Labute approximate surface area is 266 Å². The van der Waals surface area contributed by atoms with Crippen LogP contribution in [0, 0.1) is 0 Å². The Hall–Kier alpha value is -6.26. The van der Waals surface area contributed by atoms with Crippen molar-refractivity contribution in [2.45, 2.75) is 0 Å². The second-order valence-electron chi connectivity index (χ2n) is 11.6. The topological polar surface area (TPSA) is 34.0 Å². The maximum atomic E-state index is 5.11. The van der Waals surface area contributed by atoms with Gasteiger partial charge in [-0.15, -0.1) is 0 Å². The molecule has 0 spiro atoms. The van der Waals surface area contributed by atoms with Crippen LogP contribution in [0.4, 0.5) is 17.1 Å². The van der Waals surface area contributed by atoms with E-state index in [1.165, 1.54) is 26.9 Å². The predicted octanol–water partition coefficient (Wildman–Crippen LogP) is 11.0. The molecule has 216 valence electrons. The number of fused-ring (bicyclic) bond motifs is 4. The molecule has 0 atom stereocenters. The van der Waals surface area contributed by atoms with Gasteiger partial charge in [-0.05, 0) is 93.7 Å². The van der Waals surface area contributed by atoms with Crippen LogP contribution < -0.4 is 4.90 Å². The van der Waals surface area contributed by atoms with Crippen molar-refractivity contribution in [3.8, 4) is 17.1 Å². The van der Waals surface area contributed by atoms with Gasteiger partial charge in [0.25, 0.3) is 0 Å². The number of pyridine rings is 1. The zero-order chi connectivity index (χ0) is 30.5. The van der Waals surface area contributed by atoms with Gasteiger partial charge in [0.1, 0.15) is 11.3 Å². The number of imidazole rings is 1. The van der Waals surface area contributed by atoms with Crippen LogP contribution in [0.15, 0.2) is 170 Å². The minimum absolute atomic E-state index is 0.840. The third-order valence-corrected chi connectivity index (χ3v) is 8.79. The molecule has 0 unspecified atom stereocenters. The van der Waals surface area contributed by atoms with Crippen LogP contribution in [0.5, 0.6) is 0 Å². The Morgan fingerprint density at radius 1 is 0.457 bits per heavy atom. The maximum Gasteiger partial charge on any atom is 0.164 e. The molecule has 2 aromatic heterocycles. The van der Waals surface area contributed by atoms with Gasteiger partial charge < -0.3 is 4.90 Å². The molecule has 0 radical (unpaired) electrons. The number of rotatable bonds is 5. The van der Waals surface area contributed by atoms with E-state index in [9.17, 15) is 0 Å². The van der Waals surface area contributed by atoms with Gasteiger partial charge in [-0.25, -0.2) is 9.97 Å². The molecule has 0 aliphatic rings. The van der Waals surface area contributed by atoms with Crippen molar-refractivity contribution < 1.29 is 0 Å². The Morgan fingerprint density at radius 3 is 1.74 bits per heavy atom. The molecule has 2 heterocycles. The summed E-state index contributed by atoms with van der Waals surface area (Å²) in [7, 11) is 0. The van der Waals surface area contributed by atoms with Crippen molar-refractivity contribution in [3.05, 3.63) is 170 Å². The van der Waals surface area contributed by atoms with Crippen LogP contribution >= 0.6 is 0 Å². The van der Waals surface area contributed by atoms with E-state index in [4.69, 9.17) is 9.97 Å². The number of nitrogens with zero attached hydrogens (tertiary/aromatic N) is 4. The van der Waals surface area contributed by atoms with Crippen LogP contribution in [-0.2, 0) is 0 Å². The van der Waals surface area contributed by atoms with Gasteiger partial charge in [-0.2, -0.15) is 0 Å². The minimum atomic E-state index is 0.840. The fourth-order valence-electron chi connectivity index (χ4n) is 6.58. The second kappa shape index (κ2) is 10.7. The van der Waals surface area contributed by atoms with Gasteiger partial charge >= 0.3 is 0 Å². The van der Waals surface area contributed by atoms with E-state index in [-0.39, 0.29) is 0 Å². The molecule has 0 bridgehead atoms. The number of benzene rings is 7. The normalized spacial score (nSPS) is 11.5. The smallest absolute Gasteiger partial charge is 0.164 e. The van der Waals surface area contributed by atoms with Crippen molar-refractivity contribution in [1.29, 1.82) is 0 Å². The maximum absolute atomic E-state index is 5.11. The first kappa shape index (κ1) is 26.2. The number of hydrogen-bond donors (Lipinski definition) is 0. The van der Waals surface area contributed by atoms with Crippen LogP contribution in [0.2, 0.25) is 0 Å². The molecule has 7 aromatic carbocycles. The first-order valence-electron chi connectivity index (χ1n) is 15.5. The highest BCUT2D eigenvalue weighted by atomic mass is 15.1. The average molecular weight is 589 g/mol. The van der Waals surface area contributed by atoms with Crippen molar-refractivity contribution in [2.24, 2.45) is 0 Å². The van der Waals surface area contributed by atoms with E-state index in [1.54, 1.807) is 0 Å². The lowest BCUT2D eigenvalue weighted by atomic mass is 10.1. The Morgan fingerprint density at radius 2 is 1.04 bits per heavy atom. The zero-order valence-corrected chi connectivity index (χ0v) is 25.0. The lowest BCUT2D eigenvalue weighted by Crippen LogP contribution is -2.10. The summed E-state index contributed by atoms with van der Waals surface area (Å²) in [6.45, 7) is 0. The van der Waals surface area contributed by atoms with Crippen LogP contribution in [0.1, 0.15) is 0 Å². The highest BCUT2D eigenvalue weighted by molar-refractivity contribution is 5.95. The molecule has 0 saturated carbocycles. The second-order valence-corrected chi connectivity index (χ2v) is 11.6. The van der Waals surface area contributed by atoms with E-state index in [2.05, 4.69) is 161 Å². The summed E-state index contributed by atoms with van der Waals surface area (Å²) in [4.78, 5) is 12.2. The first-order chi connectivity index (χ1) is 22.8. The monoisotopic (exact) mass is 588 g/mol. The summed E-state index contributed by atoms with van der Waals surface area (Å²) >= 11 is 0. The SMILES string of the molecule is c1ccc2cc(N(c3ccc(-c4nc5cccnc5n4-c4cccc5ccccc45)cc3)c3ccc4ccccc4c3)ccc2c1. The average Bonchev–Trinajstić information content (AvgIpc) is 3.51. The minimum Gasteiger partial charge on any atom is -0.310 e. The number of hydrogen-bond acceptors (Lipinski definition) is 3. The van der Waals surface area contributed by atoms with E-state index < -0.39 is 0 Å². The zero-order valence-electron chi connectivity index (χ0n) is 25.0. The standard InChI is InChI=1S/C42H28N4/c1-3-12-33-27-36(24-18-29(33)9-1)45(37-25-19-30-10-2-4-13-34(30)28-37)35-22-20-32(21-23-35)41-44-39-16-8-26-43-42(39)46(41)40-17-7-14-31-11-5-6-15-38(31)40/h1-28H. The Balaban J connectivity index is 1.21. The fraction of sp³-hybridized carbons (Fsp3) is 0. The molecule has 9 rings (SSSR count). The lowest BCUT2D eigenvalue weighted by molar-refractivity contribution is 1.09. The van der Waals surface area contributed by atoms with E-state index in [1.807, 2.05) is 18.3 Å². The third kappa shape index (κ3) is 4.39. The van der Waals surface area contributed by atoms with Crippen LogP contribution in [0.25, 0.3) is 60.6 Å². The predicted molar refractivity (Wildman–Crippen MR) is 192 cm³/mol. The fourth-order valence-corrected chi connectivity index (χ4v) is 6.58. The van der Waals surface area contributed by atoms with E-state index in [0.717, 1.165) is 50.7 Å². The summed E-state index contributed by atoms with van der Waals surface area (Å²) in [5.74, 6) is 0.861. The highest BCUT2D eigenvalue weighted by Gasteiger charge is 2.19. The Bertz CT molecular complexity index is 2460. The number of anilines is 3. The van der Waals surface area contributed by atoms with Gasteiger partial charge in [0.05, 0.1) is 5.69 Å². The van der Waals surface area contributed by atoms with E-state index >= 15 is 0 Å². The number of aromatic nitrogens is 3. The van der Waals surface area contributed by atoms with E-state index in [0.29, 0.717) is 0 Å². The molecule has 0 saturated heterocycles. The van der Waals surface area contributed by atoms with Gasteiger partial charge in [0.2, 0.25) is 0 Å². The molecule has 0 aliphatic carbocycles. The lowest BCUT2D eigenvalue weighted by Gasteiger charge is -2.26. The third-order valence-electron chi connectivity index (χ3n) is 8.79. The molecule has 4 nitrogen and oxygen atoms in total. The van der Waals surface area contributed by atoms with Crippen LogP contribution in [-0.4, -0.2) is 14.5 Å². The summed E-state index contributed by atoms with van der Waals surface area (Å²) in [5.41, 5.74) is 7.07. The summed E-state index contributed by atoms with van der Waals surface area (Å²) in [6.07, 6.45) is 1.84. The Kier molecular flexibility index (Phi) is 6.10. The summed E-state index contributed by atoms with van der Waals surface area (Å²) in [5, 5.41) is 7.20. The molecule has 0 aliphatic heterocycles. The quantitative estimate of drug-likeness (QED) is 0.201. The largest absolute Gasteiger partial charge is 0.310 e. The van der Waals surface area contributed by atoms with Crippen molar-refractivity contribution in [1.82, 2.24) is 14.5 Å². The highest BCUT2D eigenvalue weighted by Crippen LogP contribution is 2.39. The van der Waals surface area contributed by atoms with Gasteiger partial charge in [0.15, 0.2) is 5.65 Å². The molecular formula is C42H28N4. The van der Waals surface area contributed by atoms with Crippen LogP contribution in [0.3, 0.4) is 0 Å². The molecule has 0 amide bonds. The molecular weight excluding hydrogens is 560 g/mol. The summed E-state index contributed by atoms with van der Waals surface area (Å²) < 4.78 is 2.19. The van der Waals surface area contributed by atoms with Crippen molar-refractivity contribution >= 4 is 60.5 Å². The van der Waals surface area contributed by atoms with Gasteiger partial charge in [-0.3, -0.25) is 4.57 Å². The van der Waals surface area contributed by atoms with Gasteiger partial charge in [0, 0.05) is 34.2 Å². The molecule has 0 N–H and O–H groups in total. The molecule has 4 heteroatoms. The van der Waals surface area contributed by atoms with Crippen molar-refractivity contribution in [2.75, 3.05) is 4.90 Å². The molecule has 0 fully saturated rings. The summed E-state index contributed by atoms with van der Waals surface area (Å²) in [6, 6.07) is 58.0. The molecule has 46 heavy (non-hydrogen) atoms.